The molecule has 3 nitrogen and oxygen atoms in total. The minimum atomic E-state index is 0.591. The number of hydrogen-bond donors (Lipinski definition) is 1. The van der Waals surface area contributed by atoms with Crippen molar-refractivity contribution in [2.24, 2.45) is 5.92 Å². The third kappa shape index (κ3) is 6.17. The highest BCUT2D eigenvalue weighted by atomic mass is 15.1. The quantitative estimate of drug-likeness (QED) is 0.694. The third-order valence-corrected chi connectivity index (χ3v) is 3.86. The van der Waals surface area contributed by atoms with Gasteiger partial charge in [-0.2, -0.15) is 0 Å². The van der Waals surface area contributed by atoms with Crippen LogP contribution in [-0.4, -0.2) is 42.6 Å². The predicted octanol–water partition coefficient (Wildman–Crippen LogP) is 2.58. The van der Waals surface area contributed by atoms with Gasteiger partial charge in [-0.05, 0) is 51.5 Å². The van der Waals surface area contributed by atoms with Crippen molar-refractivity contribution in [3.05, 3.63) is 30.1 Å². The molecule has 19 heavy (non-hydrogen) atoms. The second kappa shape index (κ2) is 9.05. The lowest BCUT2D eigenvalue weighted by atomic mass is 10.0. The molecule has 3 heteroatoms. The first-order chi connectivity index (χ1) is 9.15. The highest BCUT2D eigenvalue weighted by Gasteiger charge is 2.16. The molecule has 0 fully saturated rings. The van der Waals surface area contributed by atoms with Crippen LogP contribution in [0.25, 0.3) is 0 Å². The van der Waals surface area contributed by atoms with Crippen molar-refractivity contribution in [2.75, 3.05) is 26.7 Å². The Hall–Kier alpha value is -0.930. The van der Waals surface area contributed by atoms with Crippen molar-refractivity contribution >= 4 is 0 Å². The molecule has 1 aromatic rings. The number of likely N-dealkylation sites (N-methyl/N-ethyl adjacent to an activating group) is 1. The van der Waals surface area contributed by atoms with Crippen LogP contribution in [0.3, 0.4) is 0 Å². The van der Waals surface area contributed by atoms with Gasteiger partial charge in [-0.1, -0.05) is 19.9 Å². The summed E-state index contributed by atoms with van der Waals surface area (Å²) in [6, 6.07) is 6.72. The van der Waals surface area contributed by atoms with Gasteiger partial charge < -0.3 is 10.2 Å². The first kappa shape index (κ1) is 16.1. The average molecular weight is 263 g/mol. The summed E-state index contributed by atoms with van der Waals surface area (Å²) in [6.07, 6.45) is 4.10. The molecule has 0 aliphatic rings. The van der Waals surface area contributed by atoms with Crippen molar-refractivity contribution in [2.45, 2.75) is 39.7 Å². The fraction of sp³-hybridized carbons (Fsp3) is 0.688. The van der Waals surface area contributed by atoms with Gasteiger partial charge in [0.25, 0.3) is 0 Å². The molecule has 1 rings (SSSR count). The topological polar surface area (TPSA) is 28.2 Å². The van der Waals surface area contributed by atoms with Crippen molar-refractivity contribution in [3.63, 3.8) is 0 Å². The summed E-state index contributed by atoms with van der Waals surface area (Å²) < 4.78 is 0. The summed E-state index contributed by atoms with van der Waals surface area (Å²) in [4.78, 5) is 6.81. The lowest BCUT2D eigenvalue weighted by Gasteiger charge is -2.30. The van der Waals surface area contributed by atoms with Crippen LogP contribution < -0.4 is 5.32 Å². The summed E-state index contributed by atoms with van der Waals surface area (Å²) in [7, 11) is 2.21. The van der Waals surface area contributed by atoms with E-state index in [1.807, 2.05) is 12.3 Å². The maximum atomic E-state index is 4.38. The number of hydrogen-bond acceptors (Lipinski definition) is 3. The SMILES string of the molecule is CCCNCC(C)C(C)N(C)CCc1ccccn1. The van der Waals surface area contributed by atoms with Gasteiger partial charge in [-0.25, -0.2) is 0 Å². The van der Waals surface area contributed by atoms with Crippen LogP contribution in [0.5, 0.6) is 0 Å². The predicted molar refractivity (Wildman–Crippen MR) is 82.4 cm³/mol. The number of nitrogens with zero attached hydrogens (tertiary/aromatic N) is 2. The second-order valence-corrected chi connectivity index (χ2v) is 5.47. The minimum Gasteiger partial charge on any atom is -0.316 e. The second-order valence-electron chi connectivity index (χ2n) is 5.47. The van der Waals surface area contributed by atoms with Crippen molar-refractivity contribution in [1.29, 1.82) is 0 Å². The number of rotatable bonds is 9. The van der Waals surface area contributed by atoms with Crippen LogP contribution in [0, 0.1) is 5.92 Å². The van der Waals surface area contributed by atoms with E-state index in [9.17, 15) is 0 Å². The van der Waals surface area contributed by atoms with E-state index in [2.05, 4.69) is 55.2 Å². The van der Waals surface area contributed by atoms with E-state index >= 15 is 0 Å². The first-order valence-electron chi connectivity index (χ1n) is 7.46. The highest BCUT2D eigenvalue weighted by molar-refractivity contribution is 5.03. The van der Waals surface area contributed by atoms with Gasteiger partial charge in [-0.15, -0.1) is 0 Å². The zero-order valence-electron chi connectivity index (χ0n) is 12.9. The molecule has 2 unspecified atom stereocenters. The Balaban J connectivity index is 2.29. The van der Waals surface area contributed by atoms with E-state index in [1.54, 1.807) is 0 Å². The smallest absolute Gasteiger partial charge is 0.0416 e. The molecule has 0 radical (unpaired) electrons. The number of aromatic nitrogens is 1. The molecule has 0 bridgehead atoms. The van der Waals surface area contributed by atoms with E-state index in [1.165, 1.54) is 12.1 Å². The van der Waals surface area contributed by atoms with E-state index in [0.717, 1.165) is 26.1 Å². The Morgan fingerprint density at radius 3 is 2.74 bits per heavy atom. The molecule has 1 aromatic heterocycles. The summed E-state index contributed by atoms with van der Waals surface area (Å²) in [5.41, 5.74) is 1.18. The van der Waals surface area contributed by atoms with Gasteiger partial charge >= 0.3 is 0 Å². The number of nitrogens with one attached hydrogen (secondary N) is 1. The Morgan fingerprint density at radius 1 is 1.32 bits per heavy atom. The molecular weight excluding hydrogens is 234 g/mol. The Morgan fingerprint density at radius 2 is 2.11 bits per heavy atom. The largest absolute Gasteiger partial charge is 0.316 e. The van der Waals surface area contributed by atoms with Gasteiger partial charge in [0.05, 0.1) is 0 Å². The molecular formula is C16H29N3. The zero-order chi connectivity index (χ0) is 14.1. The zero-order valence-corrected chi connectivity index (χ0v) is 12.9. The number of pyridine rings is 1. The summed E-state index contributed by atoms with van der Waals surface area (Å²) in [5.74, 6) is 0.667. The summed E-state index contributed by atoms with van der Waals surface area (Å²) >= 11 is 0. The average Bonchev–Trinajstić information content (AvgIpc) is 2.45. The van der Waals surface area contributed by atoms with E-state index in [0.29, 0.717) is 12.0 Å². The Labute approximate surface area is 118 Å². The van der Waals surface area contributed by atoms with Crippen LogP contribution in [0.15, 0.2) is 24.4 Å². The molecule has 0 aliphatic heterocycles. The van der Waals surface area contributed by atoms with Crippen molar-refractivity contribution in [1.82, 2.24) is 15.2 Å². The van der Waals surface area contributed by atoms with E-state index in [-0.39, 0.29) is 0 Å². The first-order valence-corrected chi connectivity index (χ1v) is 7.46. The summed E-state index contributed by atoms with van der Waals surface area (Å²) in [6.45, 7) is 10.1. The van der Waals surface area contributed by atoms with E-state index < -0.39 is 0 Å². The Bertz CT molecular complexity index is 326. The molecule has 1 N–H and O–H groups in total. The molecule has 108 valence electrons. The maximum Gasteiger partial charge on any atom is 0.0416 e. The molecule has 0 aliphatic carbocycles. The monoisotopic (exact) mass is 263 g/mol. The molecule has 0 saturated heterocycles. The maximum absolute atomic E-state index is 4.38. The fourth-order valence-electron chi connectivity index (χ4n) is 2.15. The lowest BCUT2D eigenvalue weighted by molar-refractivity contribution is 0.197. The van der Waals surface area contributed by atoms with Gasteiger partial charge in [0.2, 0.25) is 0 Å². The summed E-state index contributed by atoms with van der Waals surface area (Å²) in [5, 5.41) is 3.51. The molecule has 0 spiro atoms. The molecule has 1 heterocycles. The lowest BCUT2D eigenvalue weighted by Crippen LogP contribution is -2.40. The van der Waals surface area contributed by atoms with Gasteiger partial charge in [-0.3, -0.25) is 4.98 Å². The van der Waals surface area contributed by atoms with Crippen LogP contribution in [0.2, 0.25) is 0 Å². The fourth-order valence-corrected chi connectivity index (χ4v) is 2.15. The minimum absolute atomic E-state index is 0.591. The van der Waals surface area contributed by atoms with Gasteiger partial charge in [0.15, 0.2) is 0 Å². The van der Waals surface area contributed by atoms with Crippen LogP contribution >= 0.6 is 0 Å². The standard InChI is InChI=1S/C16H29N3/c1-5-10-17-13-14(2)15(3)19(4)12-9-16-8-6-7-11-18-16/h6-8,11,14-15,17H,5,9-10,12-13H2,1-4H3. The molecule has 0 amide bonds. The molecule has 2 atom stereocenters. The third-order valence-electron chi connectivity index (χ3n) is 3.86. The Kier molecular flexibility index (Phi) is 7.68. The van der Waals surface area contributed by atoms with Crippen molar-refractivity contribution in [3.8, 4) is 0 Å². The molecule has 0 aromatic carbocycles. The van der Waals surface area contributed by atoms with E-state index in [4.69, 9.17) is 0 Å². The van der Waals surface area contributed by atoms with Crippen LogP contribution in [-0.2, 0) is 6.42 Å². The van der Waals surface area contributed by atoms with Crippen LogP contribution in [0.1, 0.15) is 32.9 Å². The molecule has 0 saturated carbocycles. The van der Waals surface area contributed by atoms with Crippen LogP contribution in [0.4, 0.5) is 0 Å². The highest BCUT2D eigenvalue weighted by Crippen LogP contribution is 2.09. The van der Waals surface area contributed by atoms with Crippen molar-refractivity contribution < 1.29 is 0 Å². The normalized spacial score (nSPS) is 14.6. The van der Waals surface area contributed by atoms with Gasteiger partial charge in [0.1, 0.15) is 0 Å². The van der Waals surface area contributed by atoms with Gasteiger partial charge in [0, 0.05) is 30.9 Å².